The molecule has 1 amide bonds. The Morgan fingerprint density at radius 3 is 2.50 bits per heavy atom. The average molecular weight is 312 g/mol. The van der Waals surface area contributed by atoms with Crippen LogP contribution in [0.4, 0.5) is 4.39 Å². The van der Waals surface area contributed by atoms with Crippen molar-refractivity contribution in [1.82, 2.24) is 5.32 Å². The highest BCUT2D eigenvalue weighted by atomic mass is 35.5. The van der Waals surface area contributed by atoms with Gasteiger partial charge in [-0.2, -0.15) is 0 Å². The number of alkyl halides is 1. The molecule has 0 saturated heterocycles. The van der Waals surface area contributed by atoms with Crippen LogP contribution in [0.2, 0.25) is 5.02 Å². The van der Waals surface area contributed by atoms with E-state index in [1.165, 1.54) is 18.2 Å². The Balaban J connectivity index is 2.20. The van der Waals surface area contributed by atoms with Gasteiger partial charge in [0.25, 0.3) is 5.91 Å². The van der Waals surface area contributed by atoms with Crippen LogP contribution in [0.5, 0.6) is 0 Å². The Morgan fingerprint density at radius 1 is 1.15 bits per heavy atom. The number of carbonyl (C=O) groups excluding carboxylic acids is 1. The van der Waals surface area contributed by atoms with Crippen LogP contribution >= 0.6 is 23.2 Å². The molecule has 0 saturated carbocycles. The molecule has 20 heavy (non-hydrogen) atoms. The first-order chi connectivity index (χ1) is 9.63. The van der Waals surface area contributed by atoms with E-state index < -0.39 is 11.7 Å². The maximum atomic E-state index is 13.3. The van der Waals surface area contributed by atoms with Crippen molar-refractivity contribution < 1.29 is 9.18 Å². The zero-order valence-corrected chi connectivity index (χ0v) is 12.0. The Bertz CT molecular complexity index is 604. The molecule has 0 aliphatic heterocycles. The molecule has 2 nitrogen and oxygen atoms in total. The van der Waals surface area contributed by atoms with Crippen LogP contribution in [0.3, 0.4) is 0 Å². The molecular formula is C15H12Cl2FNO. The molecule has 5 heteroatoms. The third-order valence-corrected chi connectivity index (χ3v) is 3.55. The minimum absolute atomic E-state index is 0.0951. The molecule has 0 fully saturated rings. The fourth-order valence-corrected chi connectivity index (χ4v) is 2.28. The largest absolute Gasteiger partial charge is 0.344 e. The summed E-state index contributed by atoms with van der Waals surface area (Å²) in [5, 5.41) is 2.56. The van der Waals surface area contributed by atoms with E-state index in [9.17, 15) is 9.18 Å². The van der Waals surface area contributed by atoms with Crippen molar-refractivity contribution in [3.05, 3.63) is 70.5 Å². The minimum Gasteiger partial charge on any atom is -0.344 e. The predicted molar refractivity (Wildman–Crippen MR) is 78.8 cm³/mol. The summed E-state index contributed by atoms with van der Waals surface area (Å²) in [5.74, 6) is -0.867. The number of hydrogen-bond acceptors (Lipinski definition) is 1. The van der Waals surface area contributed by atoms with Gasteiger partial charge in [0, 0.05) is 5.88 Å². The van der Waals surface area contributed by atoms with Gasteiger partial charge in [0.1, 0.15) is 5.82 Å². The van der Waals surface area contributed by atoms with E-state index in [0.717, 1.165) is 5.56 Å². The van der Waals surface area contributed by atoms with E-state index in [2.05, 4.69) is 5.32 Å². The number of halogens is 3. The van der Waals surface area contributed by atoms with Crippen molar-refractivity contribution in [1.29, 1.82) is 0 Å². The second kappa shape index (κ2) is 6.73. The van der Waals surface area contributed by atoms with Gasteiger partial charge in [0.15, 0.2) is 0 Å². The summed E-state index contributed by atoms with van der Waals surface area (Å²) >= 11 is 11.7. The maximum Gasteiger partial charge on any atom is 0.253 e. The molecule has 0 aliphatic carbocycles. The van der Waals surface area contributed by atoms with Crippen LogP contribution in [0.1, 0.15) is 22.0 Å². The third-order valence-electron chi connectivity index (χ3n) is 2.86. The van der Waals surface area contributed by atoms with Crippen LogP contribution < -0.4 is 5.32 Å². The lowest BCUT2D eigenvalue weighted by atomic mass is 10.1. The maximum absolute atomic E-state index is 13.3. The highest BCUT2D eigenvalue weighted by Gasteiger charge is 2.18. The first-order valence-corrected chi connectivity index (χ1v) is 6.90. The fraction of sp³-hybridized carbons (Fsp3) is 0.133. The quantitative estimate of drug-likeness (QED) is 0.843. The molecule has 2 rings (SSSR count). The number of hydrogen-bond donors (Lipinski definition) is 1. The number of amides is 1. The van der Waals surface area contributed by atoms with Crippen molar-refractivity contribution in [2.24, 2.45) is 0 Å². The summed E-state index contributed by atoms with van der Waals surface area (Å²) in [6, 6.07) is 13.1. The lowest BCUT2D eigenvalue weighted by molar-refractivity contribution is 0.0940. The average Bonchev–Trinajstić information content (AvgIpc) is 2.48. The van der Waals surface area contributed by atoms with Crippen molar-refractivity contribution in [3.63, 3.8) is 0 Å². The van der Waals surface area contributed by atoms with E-state index in [0.29, 0.717) is 0 Å². The van der Waals surface area contributed by atoms with Crippen molar-refractivity contribution in [2.75, 3.05) is 5.88 Å². The molecule has 1 N–H and O–H groups in total. The Hall–Kier alpha value is -1.58. The van der Waals surface area contributed by atoms with E-state index in [1.807, 2.05) is 30.3 Å². The fourth-order valence-electron chi connectivity index (χ4n) is 1.81. The zero-order chi connectivity index (χ0) is 14.5. The molecule has 0 aliphatic rings. The Morgan fingerprint density at radius 2 is 1.85 bits per heavy atom. The molecule has 2 aromatic rings. The van der Waals surface area contributed by atoms with Gasteiger partial charge in [0.05, 0.1) is 16.6 Å². The summed E-state index contributed by atoms with van der Waals surface area (Å²) < 4.78 is 13.3. The summed E-state index contributed by atoms with van der Waals surface area (Å²) in [4.78, 5) is 12.1. The van der Waals surface area contributed by atoms with Crippen LogP contribution in [0.15, 0.2) is 48.5 Å². The Kier molecular flexibility index (Phi) is 4.99. The third kappa shape index (κ3) is 3.30. The molecule has 0 spiro atoms. The summed E-state index contributed by atoms with van der Waals surface area (Å²) in [7, 11) is 0. The second-order valence-electron chi connectivity index (χ2n) is 4.19. The van der Waals surface area contributed by atoms with Gasteiger partial charge < -0.3 is 5.32 Å². The van der Waals surface area contributed by atoms with Gasteiger partial charge in [0.2, 0.25) is 0 Å². The standard InChI is InChI=1S/C15H12Cl2FNO/c16-9-13(10-5-2-1-3-6-10)19-15(20)11-7-4-8-12(18)14(11)17/h1-8,13H,9H2,(H,19,20). The minimum atomic E-state index is -0.624. The second-order valence-corrected chi connectivity index (χ2v) is 4.88. The van der Waals surface area contributed by atoms with Gasteiger partial charge >= 0.3 is 0 Å². The first kappa shape index (κ1) is 14.8. The zero-order valence-electron chi connectivity index (χ0n) is 10.4. The van der Waals surface area contributed by atoms with Crippen molar-refractivity contribution >= 4 is 29.1 Å². The van der Waals surface area contributed by atoms with Crippen LogP contribution in [-0.4, -0.2) is 11.8 Å². The molecule has 104 valence electrons. The van der Waals surface area contributed by atoms with Crippen LogP contribution in [0.25, 0.3) is 0 Å². The van der Waals surface area contributed by atoms with Gasteiger partial charge in [-0.25, -0.2) is 4.39 Å². The molecule has 1 unspecified atom stereocenters. The smallest absolute Gasteiger partial charge is 0.253 e. The number of rotatable bonds is 4. The highest BCUT2D eigenvalue weighted by molar-refractivity contribution is 6.34. The molecule has 0 aromatic heterocycles. The van der Waals surface area contributed by atoms with E-state index in [4.69, 9.17) is 23.2 Å². The van der Waals surface area contributed by atoms with Crippen LogP contribution in [0, 0.1) is 5.82 Å². The topological polar surface area (TPSA) is 29.1 Å². The lowest BCUT2D eigenvalue weighted by Crippen LogP contribution is -2.29. The molecule has 0 heterocycles. The summed E-state index contributed by atoms with van der Waals surface area (Å²) in [6.07, 6.45) is 0. The number of nitrogens with one attached hydrogen (secondary N) is 1. The summed E-state index contributed by atoms with van der Waals surface area (Å²) in [5.41, 5.74) is 0.973. The SMILES string of the molecule is O=C(NC(CCl)c1ccccc1)c1cccc(F)c1Cl. The van der Waals surface area contributed by atoms with Crippen molar-refractivity contribution in [2.45, 2.75) is 6.04 Å². The number of benzene rings is 2. The van der Waals surface area contributed by atoms with E-state index >= 15 is 0 Å². The molecule has 0 bridgehead atoms. The van der Waals surface area contributed by atoms with Gasteiger partial charge in [-0.15, -0.1) is 11.6 Å². The monoisotopic (exact) mass is 311 g/mol. The molecule has 0 radical (unpaired) electrons. The van der Waals surface area contributed by atoms with E-state index in [1.54, 1.807) is 0 Å². The molecule has 2 aromatic carbocycles. The number of carbonyl (C=O) groups is 1. The predicted octanol–water partition coefficient (Wildman–Crippen LogP) is 4.19. The highest BCUT2D eigenvalue weighted by Crippen LogP contribution is 2.21. The first-order valence-electron chi connectivity index (χ1n) is 5.99. The van der Waals surface area contributed by atoms with Gasteiger partial charge in [-0.05, 0) is 17.7 Å². The Labute approximate surface area is 126 Å². The molecular weight excluding hydrogens is 300 g/mol. The normalized spacial score (nSPS) is 11.9. The van der Waals surface area contributed by atoms with E-state index in [-0.39, 0.29) is 22.5 Å². The van der Waals surface area contributed by atoms with Gasteiger partial charge in [-0.3, -0.25) is 4.79 Å². The van der Waals surface area contributed by atoms with Gasteiger partial charge in [-0.1, -0.05) is 48.0 Å². The van der Waals surface area contributed by atoms with Crippen LogP contribution in [-0.2, 0) is 0 Å². The molecule has 1 atom stereocenters. The summed E-state index contributed by atoms with van der Waals surface area (Å²) in [6.45, 7) is 0. The lowest BCUT2D eigenvalue weighted by Gasteiger charge is -2.17. The van der Waals surface area contributed by atoms with Crippen molar-refractivity contribution in [3.8, 4) is 0 Å².